The lowest BCUT2D eigenvalue weighted by atomic mass is 10.1. The summed E-state index contributed by atoms with van der Waals surface area (Å²) in [5.74, 6) is 0.378. The molecule has 0 spiro atoms. The minimum atomic E-state index is -0.556. The Hall–Kier alpha value is -2.09. The number of ether oxygens (including phenoxy) is 1. The minimum absolute atomic E-state index is 0.0350. The summed E-state index contributed by atoms with van der Waals surface area (Å²) in [6.45, 7) is 1.72. The number of fused-ring (bicyclic) bond motifs is 1. The van der Waals surface area contributed by atoms with E-state index in [9.17, 15) is 9.50 Å². The number of hydrogen-bond donors (Lipinski definition) is 1. The fraction of sp³-hybridized carbons (Fsp3) is 0.333. The SMILES string of the molecule is OC(CC1COCCN1c1ncnc2ccc(F)cc12)c1cccs1. The predicted molar refractivity (Wildman–Crippen MR) is 95.3 cm³/mol. The molecule has 2 unspecified atom stereocenters. The van der Waals surface area contributed by atoms with Gasteiger partial charge in [0.25, 0.3) is 0 Å². The van der Waals surface area contributed by atoms with Gasteiger partial charge in [0.2, 0.25) is 0 Å². The zero-order valence-corrected chi connectivity index (χ0v) is 14.3. The zero-order chi connectivity index (χ0) is 17.2. The molecule has 0 radical (unpaired) electrons. The molecular formula is C18H18FN3O2S. The van der Waals surface area contributed by atoms with Crippen molar-refractivity contribution < 1.29 is 14.2 Å². The highest BCUT2D eigenvalue weighted by atomic mass is 32.1. The molecule has 3 aromatic rings. The number of aliphatic hydroxyl groups excluding tert-OH is 1. The second-order valence-electron chi connectivity index (χ2n) is 6.05. The molecule has 0 saturated carbocycles. The van der Waals surface area contributed by atoms with Crippen molar-refractivity contribution in [2.45, 2.75) is 18.6 Å². The van der Waals surface area contributed by atoms with Gasteiger partial charge >= 0.3 is 0 Å². The first kappa shape index (κ1) is 16.4. The van der Waals surface area contributed by atoms with E-state index < -0.39 is 6.10 Å². The van der Waals surface area contributed by atoms with Crippen LogP contribution >= 0.6 is 11.3 Å². The number of anilines is 1. The number of benzene rings is 1. The largest absolute Gasteiger partial charge is 0.387 e. The number of thiophene rings is 1. The Morgan fingerprint density at radius 3 is 3.12 bits per heavy atom. The Morgan fingerprint density at radius 2 is 2.28 bits per heavy atom. The molecule has 3 heterocycles. The third-order valence-electron chi connectivity index (χ3n) is 4.44. The number of aliphatic hydroxyl groups is 1. The van der Waals surface area contributed by atoms with Crippen molar-refractivity contribution in [3.8, 4) is 0 Å². The summed E-state index contributed by atoms with van der Waals surface area (Å²) in [7, 11) is 0. The molecule has 130 valence electrons. The van der Waals surface area contributed by atoms with E-state index >= 15 is 0 Å². The van der Waals surface area contributed by atoms with Crippen LogP contribution in [-0.4, -0.2) is 40.9 Å². The van der Waals surface area contributed by atoms with Gasteiger partial charge in [0.15, 0.2) is 0 Å². The molecule has 1 aromatic carbocycles. The zero-order valence-electron chi connectivity index (χ0n) is 13.5. The first-order valence-electron chi connectivity index (χ1n) is 8.18. The molecule has 4 rings (SSSR count). The lowest BCUT2D eigenvalue weighted by molar-refractivity contribution is 0.0686. The molecule has 1 N–H and O–H groups in total. The topological polar surface area (TPSA) is 58.5 Å². The maximum atomic E-state index is 13.7. The van der Waals surface area contributed by atoms with E-state index in [0.29, 0.717) is 42.9 Å². The van der Waals surface area contributed by atoms with Gasteiger partial charge in [-0.3, -0.25) is 0 Å². The second-order valence-corrected chi connectivity index (χ2v) is 7.03. The van der Waals surface area contributed by atoms with Gasteiger partial charge in [-0.2, -0.15) is 0 Å². The van der Waals surface area contributed by atoms with Gasteiger partial charge in [-0.25, -0.2) is 14.4 Å². The van der Waals surface area contributed by atoms with Crippen LogP contribution in [0.5, 0.6) is 0 Å². The van der Waals surface area contributed by atoms with Crippen molar-refractivity contribution in [2.24, 2.45) is 0 Å². The quantitative estimate of drug-likeness (QED) is 0.775. The van der Waals surface area contributed by atoms with Crippen LogP contribution in [0.3, 0.4) is 0 Å². The van der Waals surface area contributed by atoms with E-state index in [1.165, 1.54) is 29.8 Å². The first-order chi connectivity index (χ1) is 12.2. The summed E-state index contributed by atoms with van der Waals surface area (Å²) in [5, 5.41) is 13.2. The lowest BCUT2D eigenvalue weighted by Gasteiger charge is -2.37. The number of hydrogen-bond acceptors (Lipinski definition) is 6. The molecule has 25 heavy (non-hydrogen) atoms. The van der Waals surface area contributed by atoms with E-state index in [2.05, 4.69) is 14.9 Å². The van der Waals surface area contributed by atoms with Crippen LogP contribution in [-0.2, 0) is 4.74 Å². The molecule has 1 fully saturated rings. The normalized spacial score (nSPS) is 19.3. The van der Waals surface area contributed by atoms with Crippen molar-refractivity contribution in [1.82, 2.24) is 9.97 Å². The summed E-state index contributed by atoms with van der Waals surface area (Å²) < 4.78 is 19.4. The highest BCUT2D eigenvalue weighted by Gasteiger charge is 2.28. The van der Waals surface area contributed by atoms with Crippen LogP contribution in [0.2, 0.25) is 0 Å². The van der Waals surface area contributed by atoms with Gasteiger partial charge in [0.1, 0.15) is 18.0 Å². The third-order valence-corrected chi connectivity index (χ3v) is 5.42. The van der Waals surface area contributed by atoms with Crippen LogP contribution < -0.4 is 4.90 Å². The van der Waals surface area contributed by atoms with Crippen LogP contribution in [0.4, 0.5) is 10.2 Å². The summed E-state index contributed by atoms with van der Waals surface area (Å²) in [6.07, 6.45) is 1.47. The summed E-state index contributed by atoms with van der Waals surface area (Å²) >= 11 is 1.54. The smallest absolute Gasteiger partial charge is 0.140 e. The summed E-state index contributed by atoms with van der Waals surface area (Å²) in [6, 6.07) is 8.35. The summed E-state index contributed by atoms with van der Waals surface area (Å²) in [4.78, 5) is 11.7. The van der Waals surface area contributed by atoms with Crippen molar-refractivity contribution in [1.29, 1.82) is 0 Å². The second kappa shape index (κ2) is 7.03. The van der Waals surface area contributed by atoms with E-state index in [1.54, 1.807) is 6.07 Å². The fourth-order valence-corrected chi connectivity index (χ4v) is 3.95. The standard InChI is InChI=1S/C18H18FN3O2S/c19-12-3-4-15-14(8-12)18(21-11-20-15)22-5-6-24-10-13(22)9-16(23)17-2-1-7-25-17/h1-4,7-8,11,13,16,23H,5-6,9-10H2. The Balaban J connectivity index is 1.66. The van der Waals surface area contributed by atoms with Crippen LogP contribution in [0.25, 0.3) is 10.9 Å². The molecule has 1 aliphatic heterocycles. The van der Waals surface area contributed by atoms with Crippen LogP contribution in [0, 0.1) is 5.82 Å². The number of halogens is 1. The average Bonchev–Trinajstić information content (AvgIpc) is 3.17. The van der Waals surface area contributed by atoms with E-state index in [4.69, 9.17) is 4.74 Å². The highest BCUT2D eigenvalue weighted by Crippen LogP contribution is 2.31. The lowest BCUT2D eigenvalue weighted by Crippen LogP contribution is -2.46. The Labute approximate surface area is 148 Å². The van der Waals surface area contributed by atoms with Gasteiger partial charge in [0.05, 0.1) is 30.9 Å². The van der Waals surface area contributed by atoms with Gasteiger partial charge in [-0.1, -0.05) is 6.07 Å². The summed E-state index contributed by atoms with van der Waals surface area (Å²) in [5.41, 5.74) is 0.704. The molecule has 0 bridgehead atoms. The maximum absolute atomic E-state index is 13.7. The average molecular weight is 359 g/mol. The number of morpholine rings is 1. The van der Waals surface area contributed by atoms with Gasteiger partial charge < -0.3 is 14.7 Å². The van der Waals surface area contributed by atoms with E-state index in [0.717, 1.165) is 4.88 Å². The Kier molecular flexibility index (Phi) is 4.61. The highest BCUT2D eigenvalue weighted by molar-refractivity contribution is 7.10. The number of aromatic nitrogens is 2. The predicted octanol–water partition coefficient (Wildman–Crippen LogP) is 3.16. The molecule has 0 aliphatic carbocycles. The third kappa shape index (κ3) is 3.35. The Bertz CT molecular complexity index is 859. The number of nitrogens with zero attached hydrogens (tertiary/aromatic N) is 3. The molecule has 1 saturated heterocycles. The monoisotopic (exact) mass is 359 g/mol. The van der Waals surface area contributed by atoms with Gasteiger partial charge in [-0.15, -0.1) is 11.3 Å². The van der Waals surface area contributed by atoms with Crippen LogP contribution in [0.15, 0.2) is 42.0 Å². The van der Waals surface area contributed by atoms with E-state index in [-0.39, 0.29) is 11.9 Å². The van der Waals surface area contributed by atoms with Gasteiger partial charge in [-0.05, 0) is 29.6 Å². The molecule has 7 heteroatoms. The molecule has 1 aliphatic rings. The van der Waals surface area contributed by atoms with Crippen molar-refractivity contribution in [2.75, 3.05) is 24.7 Å². The number of rotatable bonds is 4. The Morgan fingerprint density at radius 1 is 1.36 bits per heavy atom. The van der Waals surface area contributed by atoms with Crippen molar-refractivity contribution >= 4 is 28.1 Å². The molecule has 0 amide bonds. The maximum Gasteiger partial charge on any atom is 0.140 e. The molecule has 2 atom stereocenters. The van der Waals surface area contributed by atoms with Crippen molar-refractivity contribution in [3.05, 3.63) is 52.7 Å². The molecule has 2 aromatic heterocycles. The first-order valence-corrected chi connectivity index (χ1v) is 9.06. The fourth-order valence-electron chi connectivity index (χ4n) is 3.23. The minimum Gasteiger partial charge on any atom is -0.387 e. The van der Waals surface area contributed by atoms with Crippen molar-refractivity contribution in [3.63, 3.8) is 0 Å². The van der Waals surface area contributed by atoms with Crippen LogP contribution in [0.1, 0.15) is 17.4 Å². The van der Waals surface area contributed by atoms with Gasteiger partial charge in [0, 0.05) is 23.2 Å². The molecular weight excluding hydrogens is 341 g/mol. The van der Waals surface area contributed by atoms with E-state index in [1.807, 2.05) is 17.5 Å². The molecule has 5 nitrogen and oxygen atoms in total.